The third kappa shape index (κ3) is 4.86. The lowest BCUT2D eigenvalue weighted by molar-refractivity contribution is 0.0992. The predicted octanol–water partition coefficient (Wildman–Crippen LogP) is 5.50. The summed E-state index contributed by atoms with van der Waals surface area (Å²) in [6.07, 6.45) is 1.78. The Morgan fingerprint density at radius 1 is 0.971 bits per heavy atom. The molecule has 2 N–H and O–H groups in total. The first-order valence-corrected chi connectivity index (χ1v) is 10.9. The van der Waals surface area contributed by atoms with Crippen molar-refractivity contribution in [1.82, 2.24) is 4.98 Å². The molecule has 6 heteroatoms. The van der Waals surface area contributed by atoms with Gasteiger partial charge in [0.15, 0.2) is 0 Å². The van der Waals surface area contributed by atoms with Gasteiger partial charge in [-0.05, 0) is 54.4 Å². The largest absolute Gasteiger partial charge is 0.495 e. The van der Waals surface area contributed by atoms with E-state index < -0.39 is 0 Å². The summed E-state index contributed by atoms with van der Waals surface area (Å²) in [6, 6.07) is 24.9. The quantitative estimate of drug-likeness (QED) is 0.374. The molecule has 0 saturated heterocycles. The summed E-state index contributed by atoms with van der Waals surface area (Å²) in [5.41, 5.74) is 11.5. The molecule has 3 aromatic carbocycles. The molecule has 4 aromatic rings. The summed E-state index contributed by atoms with van der Waals surface area (Å²) < 4.78 is 11.4. The molecule has 0 atom stereocenters. The Bertz CT molecular complexity index is 1290. The summed E-state index contributed by atoms with van der Waals surface area (Å²) in [4.78, 5) is 19.2. The number of pyridine rings is 1. The van der Waals surface area contributed by atoms with Crippen LogP contribution in [-0.2, 0) is 6.61 Å². The minimum Gasteiger partial charge on any atom is -0.495 e. The van der Waals surface area contributed by atoms with Crippen molar-refractivity contribution in [2.75, 3.05) is 24.8 Å². The molecular formula is C28H27N3O3. The van der Waals surface area contributed by atoms with Crippen LogP contribution in [0.4, 0.5) is 11.4 Å². The molecule has 0 bridgehead atoms. The van der Waals surface area contributed by atoms with Crippen LogP contribution in [0.5, 0.6) is 11.5 Å². The number of hydrogen-bond donors (Lipinski definition) is 1. The molecule has 0 aliphatic rings. The topological polar surface area (TPSA) is 77.7 Å². The fraction of sp³-hybridized carbons (Fsp3) is 0.143. The Kier molecular flexibility index (Phi) is 6.78. The van der Waals surface area contributed by atoms with Gasteiger partial charge in [-0.25, -0.2) is 0 Å². The number of nitrogens with two attached hydrogens (primary N) is 1. The average Bonchev–Trinajstić information content (AvgIpc) is 2.88. The van der Waals surface area contributed by atoms with Crippen molar-refractivity contribution < 1.29 is 14.3 Å². The molecule has 6 nitrogen and oxygen atoms in total. The molecule has 0 aliphatic heterocycles. The van der Waals surface area contributed by atoms with Crippen LogP contribution in [0.15, 0.2) is 85.1 Å². The Morgan fingerprint density at radius 2 is 1.76 bits per heavy atom. The van der Waals surface area contributed by atoms with E-state index in [-0.39, 0.29) is 5.91 Å². The standard InChI is InChI=1S/C28H27N3O3/c1-19-10-15-24(31(2)28(32)22-7-6-9-25(33-3)27(22)29)26(17-19)34-18-20-11-13-21(14-12-20)23-8-4-5-16-30-23/h4-17H,18,29H2,1-3H3. The first-order valence-electron chi connectivity index (χ1n) is 10.9. The van der Waals surface area contributed by atoms with Crippen LogP contribution in [0.25, 0.3) is 11.3 Å². The number of carbonyl (C=O) groups excluding carboxylic acids is 1. The van der Waals surface area contributed by atoms with Crippen molar-refractivity contribution in [3.05, 3.63) is 102 Å². The zero-order valence-electron chi connectivity index (χ0n) is 19.5. The van der Waals surface area contributed by atoms with Gasteiger partial charge in [-0.3, -0.25) is 9.78 Å². The smallest absolute Gasteiger partial charge is 0.260 e. The highest BCUT2D eigenvalue weighted by atomic mass is 16.5. The number of aryl methyl sites for hydroxylation is 1. The van der Waals surface area contributed by atoms with Crippen LogP contribution in [0.1, 0.15) is 21.5 Å². The Hall–Kier alpha value is -4.32. The SMILES string of the molecule is COc1cccc(C(=O)N(C)c2ccc(C)cc2OCc2ccc(-c3ccccn3)cc2)c1N. The molecule has 34 heavy (non-hydrogen) atoms. The Morgan fingerprint density at radius 3 is 2.47 bits per heavy atom. The fourth-order valence-corrected chi connectivity index (χ4v) is 3.68. The minimum atomic E-state index is -0.246. The second-order valence-corrected chi connectivity index (χ2v) is 7.96. The highest BCUT2D eigenvalue weighted by molar-refractivity contribution is 6.10. The van der Waals surface area contributed by atoms with E-state index in [0.29, 0.717) is 35.0 Å². The predicted molar refractivity (Wildman–Crippen MR) is 135 cm³/mol. The molecule has 0 unspecified atom stereocenters. The zero-order valence-corrected chi connectivity index (χ0v) is 19.5. The molecule has 0 fully saturated rings. The van der Waals surface area contributed by atoms with E-state index in [1.807, 2.05) is 67.6 Å². The number of rotatable bonds is 7. The number of para-hydroxylation sites is 1. The van der Waals surface area contributed by atoms with Crippen LogP contribution in [-0.4, -0.2) is 25.0 Å². The first kappa shape index (κ1) is 22.9. The molecule has 0 spiro atoms. The molecule has 1 amide bonds. The van der Waals surface area contributed by atoms with Gasteiger partial charge in [0.05, 0.1) is 29.7 Å². The minimum absolute atomic E-state index is 0.246. The van der Waals surface area contributed by atoms with Crippen LogP contribution in [0.2, 0.25) is 0 Å². The van der Waals surface area contributed by atoms with Gasteiger partial charge in [-0.15, -0.1) is 0 Å². The van der Waals surface area contributed by atoms with Crippen LogP contribution >= 0.6 is 0 Å². The average molecular weight is 454 g/mol. The van der Waals surface area contributed by atoms with Crippen molar-refractivity contribution in [1.29, 1.82) is 0 Å². The molecule has 0 aliphatic carbocycles. The Balaban J connectivity index is 1.54. The molecule has 172 valence electrons. The van der Waals surface area contributed by atoms with E-state index >= 15 is 0 Å². The van der Waals surface area contributed by atoms with Gasteiger partial charge in [0.25, 0.3) is 5.91 Å². The molecule has 4 rings (SSSR count). The van der Waals surface area contributed by atoms with E-state index in [1.165, 1.54) is 7.11 Å². The molecule has 0 saturated carbocycles. The first-order chi connectivity index (χ1) is 16.5. The number of ether oxygens (including phenoxy) is 2. The number of amides is 1. The van der Waals surface area contributed by atoms with Crippen molar-refractivity contribution in [2.45, 2.75) is 13.5 Å². The fourth-order valence-electron chi connectivity index (χ4n) is 3.68. The second kappa shape index (κ2) is 10.1. The van der Waals surface area contributed by atoms with E-state index in [0.717, 1.165) is 22.4 Å². The van der Waals surface area contributed by atoms with Crippen molar-refractivity contribution >= 4 is 17.3 Å². The third-order valence-electron chi connectivity index (χ3n) is 5.61. The van der Waals surface area contributed by atoms with Crippen molar-refractivity contribution in [3.8, 4) is 22.8 Å². The van der Waals surface area contributed by atoms with Crippen molar-refractivity contribution in [3.63, 3.8) is 0 Å². The van der Waals surface area contributed by atoms with Crippen LogP contribution < -0.4 is 20.1 Å². The van der Waals surface area contributed by atoms with Crippen LogP contribution in [0.3, 0.4) is 0 Å². The number of aromatic nitrogens is 1. The lowest BCUT2D eigenvalue weighted by Gasteiger charge is -2.22. The van der Waals surface area contributed by atoms with Crippen molar-refractivity contribution in [2.24, 2.45) is 0 Å². The third-order valence-corrected chi connectivity index (χ3v) is 5.61. The summed E-state index contributed by atoms with van der Waals surface area (Å²) in [7, 11) is 3.24. The molecule has 1 aromatic heterocycles. The van der Waals surface area contributed by atoms with Gasteiger partial charge in [-0.2, -0.15) is 0 Å². The summed E-state index contributed by atoms with van der Waals surface area (Å²) in [5.74, 6) is 0.838. The van der Waals surface area contributed by atoms with Gasteiger partial charge in [0.1, 0.15) is 18.1 Å². The van der Waals surface area contributed by atoms with Crippen LogP contribution in [0, 0.1) is 6.92 Å². The summed E-state index contributed by atoms with van der Waals surface area (Å²) >= 11 is 0. The number of carbonyl (C=O) groups is 1. The molecular weight excluding hydrogens is 426 g/mol. The number of nitrogen functional groups attached to an aromatic ring is 1. The van der Waals surface area contributed by atoms with Gasteiger partial charge in [0.2, 0.25) is 0 Å². The van der Waals surface area contributed by atoms with Gasteiger partial charge in [0, 0.05) is 18.8 Å². The van der Waals surface area contributed by atoms with E-state index in [1.54, 1.807) is 36.3 Å². The van der Waals surface area contributed by atoms with E-state index in [9.17, 15) is 4.79 Å². The number of anilines is 2. The van der Waals surface area contributed by atoms with E-state index in [2.05, 4.69) is 4.98 Å². The second-order valence-electron chi connectivity index (χ2n) is 7.96. The highest BCUT2D eigenvalue weighted by Crippen LogP contribution is 2.33. The van der Waals surface area contributed by atoms with E-state index in [4.69, 9.17) is 15.2 Å². The Labute approximate surface area is 199 Å². The molecule has 0 radical (unpaired) electrons. The van der Waals surface area contributed by atoms with Gasteiger partial charge in [-0.1, -0.05) is 42.5 Å². The summed E-state index contributed by atoms with van der Waals surface area (Å²) in [5, 5.41) is 0. The normalized spacial score (nSPS) is 10.6. The highest BCUT2D eigenvalue weighted by Gasteiger charge is 2.21. The summed E-state index contributed by atoms with van der Waals surface area (Å²) in [6.45, 7) is 2.35. The number of nitrogens with zero attached hydrogens (tertiary/aromatic N) is 2. The number of methoxy groups -OCH3 is 1. The monoisotopic (exact) mass is 453 g/mol. The number of hydrogen-bond acceptors (Lipinski definition) is 5. The maximum Gasteiger partial charge on any atom is 0.260 e. The maximum atomic E-state index is 13.2. The van der Waals surface area contributed by atoms with Gasteiger partial charge >= 0.3 is 0 Å². The van der Waals surface area contributed by atoms with Gasteiger partial charge < -0.3 is 20.1 Å². The number of benzene rings is 3. The zero-order chi connectivity index (χ0) is 24.1. The lowest BCUT2D eigenvalue weighted by atomic mass is 10.1. The maximum absolute atomic E-state index is 13.2. The molecule has 1 heterocycles. The lowest BCUT2D eigenvalue weighted by Crippen LogP contribution is -2.27.